The number of nitrogens with one attached hydrogen (secondary N) is 1. The smallest absolute Gasteiger partial charge is 0.290 e. The van der Waals surface area contributed by atoms with Crippen LogP contribution in [0.4, 0.5) is 0 Å². The number of methoxy groups -OCH3 is 1. The molecule has 0 aliphatic carbocycles. The summed E-state index contributed by atoms with van der Waals surface area (Å²) in [6.45, 7) is 3.85. The van der Waals surface area contributed by atoms with E-state index in [-0.39, 0.29) is 30.6 Å². The van der Waals surface area contributed by atoms with Crippen molar-refractivity contribution in [1.29, 1.82) is 0 Å². The first-order chi connectivity index (χ1) is 29.8. The number of carbonyl (C=O) groups is 2. The molecular weight excluding hydrogens is 811 g/mol. The Bertz CT molecular complexity index is 2390. The first kappa shape index (κ1) is 43.1. The average molecular weight is 860 g/mol. The molecule has 9 nitrogen and oxygen atoms in total. The fraction of sp³-hybridized carbons (Fsp3) is 0.240. The second-order valence-corrected chi connectivity index (χ2v) is 15.7. The summed E-state index contributed by atoms with van der Waals surface area (Å²) < 4.78 is 24.2. The third-order valence-electron chi connectivity index (χ3n) is 11.1. The zero-order valence-corrected chi connectivity index (χ0v) is 35.6. The number of carboxylic acid groups (broad SMARTS) is 1. The van der Waals surface area contributed by atoms with Gasteiger partial charge in [-0.3, -0.25) is 14.5 Å². The van der Waals surface area contributed by atoms with Crippen molar-refractivity contribution >= 4 is 35.6 Å². The lowest BCUT2D eigenvalue weighted by Crippen LogP contribution is -2.51. The fourth-order valence-electron chi connectivity index (χ4n) is 7.91. The second-order valence-electron chi connectivity index (χ2n) is 14.9. The van der Waals surface area contributed by atoms with Crippen molar-refractivity contribution in [3.8, 4) is 34.1 Å². The summed E-state index contributed by atoms with van der Waals surface area (Å²) in [5.41, 5.74) is 8.83. The van der Waals surface area contributed by atoms with Crippen LogP contribution < -0.4 is 24.3 Å². The molecule has 6 aromatic carbocycles. The van der Waals surface area contributed by atoms with Gasteiger partial charge in [-0.05, 0) is 112 Å². The van der Waals surface area contributed by atoms with Crippen LogP contribution >= 0.6 is 23.2 Å². The number of ether oxygens (including phenoxy) is 4. The van der Waals surface area contributed by atoms with E-state index in [0.717, 1.165) is 57.7 Å². The number of halogens is 2. The van der Waals surface area contributed by atoms with Gasteiger partial charge in [-0.2, -0.15) is 0 Å². The van der Waals surface area contributed by atoms with E-state index < -0.39 is 0 Å². The lowest BCUT2D eigenvalue weighted by molar-refractivity contribution is -0.128. The van der Waals surface area contributed by atoms with E-state index in [9.17, 15) is 4.79 Å². The topological polar surface area (TPSA) is 107 Å². The molecule has 0 fully saturated rings. The first-order valence-electron chi connectivity index (χ1n) is 20.3. The Morgan fingerprint density at radius 1 is 0.836 bits per heavy atom. The van der Waals surface area contributed by atoms with Gasteiger partial charge in [-0.25, -0.2) is 0 Å². The largest absolute Gasteiger partial charge is 0.497 e. The van der Waals surface area contributed by atoms with Crippen LogP contribution in [0.15, 0.2) is 133 Å². The first-order valence-corrected chi connectivity index (χ1v) is 21.0. The highest BCUT2D eigenvalue weighted by Crippen LogP contribution is 2.42. The van der Waals surface area contributed by atoms with Gasteiger partial charge in [0.2, 0.25) is 5.91 Å². The Morgan fingerprint density at radius 2 is 1.49 bits per heavy atom. The number of fused-ring (bicyclic) bond motifs is 2. The van der Waals surface area contributed by atoms with Gasteiger partial charge in [0.15, 0.2) is 17.6 Å². The summed E-state index contributed by atoms with van der Waals surface area (Å²) >= 11 is 12.2. The van der Waals surface area contributed by atoms with Gasteiger partial charge in [-0.1, -0.05) is 115 Å². The van der Waals surface area contributed by atoms with Crippen molar-refractivity contribution in [2.75, 3.05) is 20.3 Å². The van der Waals surface area contributed by atoms with E-state index in [1.165, 1.54) is 11.1 Å². The minimum Gasteiger partial charge on any atom is -0.497 e. The van der Waals surface area contributed by atoms with E-state index in [1.807, 2.05) is 54.6 Å². The third-order valence-corrected chi connectivity index (χ3v) is 11.8. The molecule has 3 atom stereocenters. The van der Waals surface area contributed by atoms with Crippen LogP contribution in [0.2, 0.25) is 10.0 Å². The van der Waals surface area contributed by atoms with Crippen LogP contribution in [0.3, 0.4) is 0 Å². The van der Waals surface area contributed by atoms with Crippen LogP contribution in [0.25, 0.3) is 11.1 Å². The predicted octanol–water partition coefficient (Wildman–Crippen LogP) is 10.7. The lowest BCUT2D eigenvalue weighted by Gasteiger charge is -2.41. The third kappa shape index (κ3) is 10.7. The number of hydrogen-bond donors (Lipinski definition) is 2. The van der Waals surface area contributed by atoms with Gasteiger partial charge in [0.25, 0.3) is 6.47 Å². The number of carbonyl (C=O) groups excluding carboxylic acids is 1. The molecule has 0 spiro atoms. The van der Waals surface area contributed by atoms with Gasteiger partial charge in [0.05, 0.1) is 23.2 Å². The Labute approximate surface area is 366 Å². The van der Waals surface area contributed by atoms with Gasteiger partial charge in [0.1, 0.15) is 24.7 Å². The normalized spacial score (nSPS) is 15.9. The van der Waals surface area contributed by atoms with Gasteiger partial charge in [0, 0.05) is 19.1 Å². The van der Waals surface area contributed by atoms with E-state index >= 15 is 0 Å². The highest BCUT2D eigenvalue weighted by molar-refractivity contribution is 6.42. The van der Waals surface area contributed by atoms with Crippen LogP contribution in [-0.4, -0.2) is 48.7 Å². The van der Waals surface area contributed by atoms with E-state index in [1.54, 1.807) is 13.2 Å². The molecular formula is C50H48Cl2N2O7. The molecule has 3 unspecified atom stereocenters. The van der Waals surface area contributed by atoms with Crippen molar-refractivity contribution in [3.05, 3.63) is 177 Å². The minimum atomic E-state index is -0.345. The molecule has 2 N–H and O–H groups in total. The number of rotatable bonds is 13. The molecule has 2 aliphatic heterocycles. The SMILES string of the molecule is CCC(c1ccccc1)N1Cc2cc3c(cc2CC1C(=O)NCCc1ccc(-c2ccc(OC)cc2)cc1)OCC(c1ccc(OCc2ccc(Cl)c(Cl)c2)cc1)O3.O=CO. The van der Waals surface area contributed by atoms with Gasteiger partial charge < -0.3 is 29.4 Å². The monoisotopic (exact) mass is 858 g/mol. The molecule has 8 rings (SSSR count). The van der Waals surface area contributed by atoms with Crippen LogP contribution in [0.1, 0.15) is 58.9 Å². The van der Waals surface area contributed by atoms with Crippen molar-refractivity contribution in [2.24, 2.45) is 0 Å². The van der Waals surface area contributed by atoms with Crippen molar-refractivity contribution < 1.29 is 33.6 Å². The number of amides is 1. The van der Waals surface area contributed by atoms with Gasteiger partial charge in [-0.15, -0.1) is 0 Å². The summed E-state index contributed by atoms with van der Waals surface area (Å²) in [6, 6.07) is 44.4. The number of benzene rings is 6. The number of hydrogen-bond acceptors (Lipinski definition) is 7. The quantitative estimate of drug-likeness (QED) is 0.111. The number of nitrogens with zero attached hydrogens (tertiary/aromatic N) is 1. The molecule has 314 valence electrons. The standard InChI is InChI=1S/C49H46Cl2N2O5.CH2O2/c1-3-44(36-7-5-4-6-8-36)53-29-39-28-47-46(57-31-48(58-47)37-16-20-41(21-17-37)56-30-33-11-22-42(50)43(51)25-33)27-38(39)26-45(53)49(54)52-24-23-32-9-12-34(13-10-32)35-14-18-40(55-2)19-15-35;2-1-3/h4-22,25,27-28,44-45,48H,3,23-24,26,29-31H2,1-2H3,(H,52,54);1H,(H,2,3). The second kappa shape index (κ2) is 20.5. The van der Waals surface area contributed by atoms with Crippen molar-refractivity contribution in [2.45, 2.75) is 57.5 Å². The van der Waals surface area contributed by atoms with E-state index in [0.29, 0.717) is 54.3 Å². The highest BCUT2D eigenvalue weighted by Gasteiger charge is 2.37. The summed E-state index contributed by atoms with van der Waals surface area (Å²) in [6.07, 6.45) is 1.90. The molecule has 1 amide bonds. The molecule has 0 aromatic heterocycles. The Hall–Kier alpha value is -6.00. The zero-order valence-electron chi connectivity index (χ0n) is 34.1. The molecule has 0 bridgehead atoms. The molecule has 2 aliphatic rings. The molecule has 0 saturated carbocycles. The summed E-state index contributed by atoms with van der Waals surface area (Å²) in [4.78, 5) is 24.9. The van der Waals surface area contributed by atoms with Crippen LogP contribution in [0, 0.1) is 0 Å². The molecule has 11 heteroatoms. The summed E-state index contributed by atoms with van der Waals surface area (Å²) in [5.74, 6) is 3.03. The molecule has 61 heavy (non-hydrogen) atoms. The maximum Gasteiger partial charge on any atom is 0.290 e. The van der Waals surface area contributed by atoms with Crippen molar-refractivity contribution in [3.63, 3.8) is 0 Å². The lowest BCUT2D eigenvalue weighted by atomic mass is 9.89. The fourth-order valence-corrected chi connectivity index (χ4v) is 8.23. The Kier molecular flexibility index (Phi) is 14.5. The molecule has 0 saturated heterocycles. The molecule has 0 radical (unpaired) electrons. The van der Waals surface area contributed by atoms with E-state index in [4.69, 9.17) is 52.1 Å². The molecule has 6 aromatic rings. The van der Waals surface area contributed by atoms with Gasteiger partial charge >= 0.3 is 0 Å². The average Bonchev–Trinajstić information content (AvgIpc) is 3.29. The minimum absolute atomic E-state index is 0.0363. The van der Waals surface area contributed by atoms with Crippen LogP contribution in [-0.2, 0) is 35.6 Å². The molecule has 2 heterocycles. The van der Waals surface area contributed by atoms with Crippen LogP contribution in [0.5, 0.6) is 23.0 Å². The zero-order chi connectivity index (χ0) is 42.7. The highest BCUT2D eigenvalue weighted by atomic mass is 35.5. The van der Waals surface area contributed by atoms with Crippen molar-refractivity contribution in [1.82, 2.24) is 10.2 Å². The maximum atomic E-state index is 14.2. The Balaban J connectivity index is 0.00000182. The summed E-state index contributed by atoms with van der Waals surface area (Å²) in [5, 5.41) is 11.2. The maximum absolute atomic E-state index is 14.2. The van der Waals surface area contributed by atoms with E-state index in [2.05, 4.69) is 89.9 Å². The predicted molar refractivity (Wildman–Crippen MR) is 239 cm³/mol. The summed E-state index contributed by atoms with van der Waals surface area (Å²) in [7, 11) is 1.67. The Morgan fingerprint density at radius 3 is 2.16 bits per heavy atom.